The number of aliphatic imine (C=N–C) groups is 1. The smallest absolute Gasteiger partial charge is 0.191 e. The summed E-state index contributed by atoms with van der Waals surface area (Å²) in [4.78, 5) is 11.0. The molecule has 0 spiro atoms. The standard InChI is InChI=1S/C24H35N5O3/c1-18-16-26-9-7-19(18)8-10-27-24(25-2)28-17-21(29-11-13-32-14-12-29)20-5-6-22(30-3)23(15-20)31-4/h5-7,9,15-16,21H,8,10-14,17H2,1-4H3,(H2,25,27,28). The molecule has 2 N–H and O–H groups in total. The van der Waals surface area contributed by atoms with Crippen LogP contribution < -0.4 is 20.1 Å². The Morgan fingerprint density at radius 2 is 1.94 bits per heavy atom. The molecule has 8 nitrogen and oxygen atoms in total. The number of guanidine groups is 1. The van der Waals surface area contributed by atoms with Crippen LogP contribution in [0.15, 0.2) is 41.7 Å². The van der Waals surface area contributed by atoms with E-state index in [2.05, 4.69) is 50.6 Å². The lowest BCUT2D eigenvalue weighted by atomic mass is 10.0. The Kier molecular flexibility index (Phi) is 9.13. The van der Waals surface area contributed by atoms with Crippen molar-refractivity contribution in [2.24, 2.45) is 4.99 Å². The highest BCUT2D eigenvalue weighted by Crippen LogP contribution is 2.32. The van der Waals surface area contributed by atoms with Crippen LogP contribution in [0, 0.1) is 6.92 Å². The summed E-state index contributed by atoms with van der Waals surface area (Å²) in [7, 11) is 5.12. The van der Waals surface area contributed by atoms with Crippen LogP contribution in [0.1, 0.15) is 22.7 Å². The third-order valence-electron chi connectivity index (χ3n) is 5.79. The maximum absolute atomic E-state index is 5.57. The molecule has 174 valence electrons. The molecule has 1 saturated heterocycles. The second kappa shape index (κ2) is 12.3. The van der Waals surface area contributed by atoms with Crippen molar-refractivity contribution in [3.8, 4) is 11.5 Å². The number of benzene rings is 1. The Morgan fingerprint density at radius 1 is 1.16 bits per heavy atom. The zero-order valence-electron chi connectivity index (χ0n) is 19.6. The number of aryl methyl sites for hydroxylation is 1. The van der Waals surface area contributed by atoms with Gasteiger partial charge in [0.05, 0.1) is 33.5 Å². The van der Waals surface area contributed by atoms with E-state index < -0.39 is 0 Å². The number of methoxy groups -OCH3 is 2. The van der Waals surface area contributed by atoms with Crippen LogP contribution in [-0.4, -0.2) is 76.5 Å². The van der Waals surface area contributed by atoms with E-state index in [4.69, 9.17) is 14.2 Å². The molecular formula is C24H35N5O3. The summed E-state index contributed by atoms with van der Waals surface area (Å²) < 4.78 is 16.5. The molecule has 1 aromatic heterocycles. The molecule has 32 heavy (non-hydrogen) atoms. The molecule has 2 heterocycles. The van der Waals surface area contributed by atoms with Crippen molar-refractivity contribution in [1.29, 1.82) is 0 Å². The van der Waals surface area contributed by atoms with Crippen molar-refractivity contribution in [3.63, 3.8) is 0 Å². The van der Waals surface area contributed by atoms with E-state index in [0.29, 0.717) is 6.54 Å². The predicted octanol–water partition coefficient (Wildman–Crippen LogP) is 2.19. The maximum atomic E-state index is 5.57. The van der Waals surface area contributed by atoms with Gasteiger partial charge in [0.1, 0.15) is 0 Å². The molecule has 8 heteroatoms. The van der Waals surface area contributed by atoms with E-state index in [1.54, 1.807) is 21.3 Å². The largest absolute Gasteiger partial charge is 0.493 e. The van der Waals surface area contributed by atoms with Gasteiger partial charge >= 0.3 is 0 Å². The van der Waals surface area contributed by atoms with Crippen molar-refractivity contribution in [2.75, 3.05) is 60.7 Å². The molecule has 0 radical (unpaired) electrons. The van der Waals surface area contributed by atoms with Crippen LogP contribution in [0.2, 0.25) is 0 Å². The van der Waals surface area contributed by atoms with E-state index in [1.165, 1.54) is 16.7 Å². The molecule has 1 aliphatic rings. The monoisotopic (exact) mass is 441 g/mol. The number of ether oxygens (including phenoxy) is 3. The molecule has 0 aliphatic carbocycles. The molecule has 2 aromatic rings. The number of hydrogen-bond acceptors (Lipinski definition) is 6. The van der Waals surface area contributed by atoms with Gasteiger partial charge in [-0.25, -0.2) is 0 Å². The minimum atomic E-state index is 0.152. The van der Waals surface area contributed by atoms with Crippen LogP contribution in [0.5, 0.6) is 11.5 Å². The van der Waals surface area contributed by atoms with Gasteiger partial charge in [-0.05, 0) is 48.2 Å². The van der Waals surface area contributed by atoms with Crippen LogP contribution in [0.3, 0.4) is 0 Å². The molecule has 3 rings (SSSR count). The Hall–Kier alpha value is -2.84. The maximum Gasteiger partial charge on any atom is 0.191 e. The Morgan fingerprint density at radius 3 is 2.62 bits per heavy atom. The molecule has 1 fully saturated rings. The van der Waals surface area contributed by atoms with Crippen molar-refractivity contribution in [1.82, 2.24) is 20.5 Å². The van der Waals surface area contributed by atoms with Gasteiger partial charge in [-0.15, -0.1) is 0 Å². The van der Waals surface area contributed by atoms with Crippen molar-refractivity contribution in [2.45, 2.75) is 19.4 Å². The summed E-state index contributed by atoms with van der Waals surface area (Å²) in [5.41, 5.74) is 3.66. The minimum absolute atomic E-state index is 0.152. The molecule has 1 aliphatic heterocycles. The Labute approximate surface area is 191 Å². The topological polar surface area (TPSA) is 80.2 Å². The Bertz CT molecular complexity index is 884. The average molecular weight is 442 g/mol. The minimum Gasteiger partial charge on any atom is -0.493 e. The average Bonchev–Trinajstić information content (AvgIpc) is 2.84. The molecule has 1 aromatic carbocycles. The lowest BCUT2D eigenvalue weighted by Crippen LogP contribution is -2.46. The quantitative estimate of drug-likeness (QED) is 0.456. The highest BCUT2D eigenvalue weighted by Gasteiger charge is 2.24. The summed E-state index contributed by atoms with van der Waals surface area (Å²) in [6, 6.07) is 8.35. The molecule has 1 unspecified atom stereocenters. The van der Waals surface area contributed by atoms with Crippen LogP contribution in [0.25, 0.3) is 0 Å². The number of nitrogens with zero attached hydrogens (tertiary/aromatic N) is 3. The highest BCUT2D eigenvalue weighted by atomic mass is 16.5. The number of hydrogen-bond donors (Lipinski definition) is 2. The second-order valence-electron chi connectivity index (χ2n) is 7.71. The first-order valence-corrected chi connectivity index (χ1v) is 11.0. The Balaban J connectivity index is 1.65. The number of aromatic nitrogens is 1. The highest BCUT2D eigenvalue weighted by molar-refractivity contribution is 5.79. The first-order chi connectivity index (χ1) is 15.7. The third-order valence-corrected chi connectivity index (χ3v) is 5.79. The van der Waals surface area contributed by atoms with Gasteiger partial charge < -0.3 is 24.8 Å². The second-order valence-corrected chi connectivity index (χ2v) is 7.71. The van der Waals surface area contributed by atoms with E-state index in [0.717, 1.165) is 56.7 Å². The van der Waals surface area contributed by atoms with Crippen LogP contribution in [0.4, 0.5) is 0 Å². The normalized spacial score (nSPS) is 15.8. The fourth-order valence-corrected chi connectivity index (χ4v) is 3.92. The summed E-state index contributed by atoms with van der Waals surface area (Å²) in [6.07, 6.45) is 4.65. The lowest BCUT2D eigenvalue weighted by Gasteiger charge is -2.35. The van der Waals surface area contributed by atoms with E-state index in [-0.39, 0.29) is 6.04 Å². The summed E-state index contributed by atoms with van der Waals surface area (Å²) in [6.45, 7) is 6.84. The SMILES string of the molecule is CN=C(NCCc1ccncc1C)NCC(c1ccc(OC)c(OC)c1)N1CCOCC1. The number of nitrogens with one attached hydrogen (secondary N) is 2. The molecular weight excluding hydrogens is 406 g/mol. The number of morpholine rings is 1. The van der Waals surface area contributed by atoms with Gasteiger partial charge in [-0.2, -0.15) is 0 Å². The molecule has 1 atom stereocenters. The first kappa shape index (κ1) is 23.8. The van der Waals surface area contributed by atoms with E-state index in [1.807, 2.05) is 18.5 Å². The predicted molar refractivity (Wildman–Crippen MR) is 127 cm³/mol. The zero-order chi connectivity index (χ0) is 22.8. The summed E-state index contributed by atoms with van der Waals surface area (Å²) in [5, 5.41) is 6.93. The van der Waals surface area contributed by atoms with E-state index >= 15 is 0 Å². The van der Waals surface area contributed by atoms with Crippen molar-refractivity contribution >= 4 is 5.96 Å². The van der Waals surface area contributed by atoms with Gasteiger partial charge in [0.15, 0.2) is 17.5 Å². The van der Waals surface area contributed by atoms with Crippen molar-refractivity contribution in [3.05, 3.63) is 53.3 Å². The zero-order valence-corrected chi connectivity index (χ0v) is 19.6. The molecule has 0 amide bonds. The summed E-state index contributed by atoms with van der Waals surface area (Å²) >= 11 is 0. The van der Waals surface area contributed by atoms with Gasteiger partial charge in [-0.1, -0.05) is 6.07 Å². The van der Waals surface area contributed by atoms with Gasteiger partial charge in [0, 0.05) is 45.6 Å². The number of pyridine rings is 1. The third kappa shape index (κ3) is 6.34. The molecule has 0 saturated carbocycles. The van der Waals surface area contributed by atoms with E-state index in [9.17, 15) is 0 Å². The van der Waals surface area contributed by atoms with Gasteiger partial charge in [0.2, 0.25) is 0 Å². The first-order valence-electron chi connectivity index (χ1n) is 11.0. The summed E-state index contributed by atoms with van der Waals surface area (Å²) in [5.74, 6) is 2.25. The van der Waals surface area contributed by atoms with Crippen LogP contribution in [-0.2, 0) is 11.2 Å². The van der Waals surface area contributed by atoms with Crippen molar-refractivity contribution < 1.29 is 14.2 Å². The van der Waals surface area contributed by atoms with Gasteiger partial charge in [-0.3, -0.25) is 14.9 Å². The van der Waals surface area contributed by atoms with Crippen LogP contribution >= 0.6 is 0 Å². The lowest BCUT2D eigenvalue weighted by molar-refractivity contribution is 0.0169. The fourth-order valence-electron chi connectivity index (χ4n) is 3.92. The molecule has 0 bridgehead atoms. The van der Waals surface area contributed by atoms with Gasteiger partial charge in [0.25, 0.3) is 0 Å². The number of rotatable bonds is 9. The fraction of sp³-hybridized carbons (Fsp3) is 0.500.